The molecule has 0 bridgehead atoms. The maximum Gasteiger partial charge on any atom is 0.159 e. The van der Waals surface area contributed by atoms with Crippen LogP contribution < -0.4 is 9.80 Å². The number of aromatic nitrogens is 9. The molecular formula is C36H35N11O2. The van der Waals surface area contributed by atoms with E-state index in [1.807, 2.05) is 46.2 Å². The van der Waals surface area contributed by atoms with Crippen molar-refractivity contribution in [1.29, 1.82) is 0 Å². The molecule has 13 heteroatoms. The van der Waals surface area contributed by atoms with E-state index in [-0.39, 0.29) is 0 Å². The highest BCUT2D eigenvalue weighted by molar-refractivity contribution is 5.85. The maximum atomic E-state index is 5.43. The van der Waals surface area contributed by atoms with Crippen LogP contribution >= 0.6 is 0 Å². The largest absolute Gasteiger partial charge is 0.378 e. The van der Waals surface area contributed by atoms with Crippen LogP contribution in [0.2, 0.25) is 0 Å². The fourth-order valence-electron chi connectivity index (χ4n) is 6.06. The first-order chi connectivity index (χ1) is 24.2. The Hall–Kier alpha value is -5.79. The molecule has 2 aromatic carbocycles. The van der Waals surface area contributed by atoms with Crippen molar-refractivity contribution in [2.45, 2.75) is 6.92 Å². The molecule has 2 fully saturated rings. The van der Waals surface area contributed by atoms with Gasteiger partial charge in [-0.15, -0.1) is 0 Å². The molecule has 2 aliphatic rings. The Bertz CT molecular complexity index is 2190. The third kappa shape index (κ3) is 6.53. The van der Waals surface area contributed by atoms with Crippen molar-refractivity contribution in [3.8, 4) is 22.8 Å². The van der Waals surface area contributed by atoms with Crippen molar-refractivity contribution in [2.24, 2.45) is 0 Å². The zero-order valence-corrected chi connectivity index (χ0v) is 27.1. The van der Waals surface area contributed by atoms with E-state index in [0.717, 1.165) is 109 Å². The lowest BCUT2D eigenvalue weighted by Crippen LogP contribution is -2.36. The number of pyridine rings is 1. The first kappa shape index (κ1) is 30.5. The molecule has 0 radical (unpaired) electrons. The Morgan fingerprint density at radius 2 is 1.10 bits per heavy atom. The summed E-state index contributed by atoms with van der Waals surface area (Å²) in [5.41, 5.74) is 5.44. The Morgan fingerprint density at radius 1 is 0.551 bits per heavy atom. The summed E-state index contributed by atoms with van der Waals surface area (Å²) in [7, 11) is 0. The fourth-order valence-corrected chi connectivity index (χ4v) is 6.06. The Morgan fingerprint density at radius 3 is 1.67 bits per heavy atom. The van der Waals surface area contributed by atoms with Crippen LogP contribution in [-0.2, 0) is 9.47 Å². The highest BCUT2D eigenvalue weighted by atomic mass is 16.5. The Balaban J connectivity index is 0.000000145. The molecule has 0 aliphatic carbocycles. The van der Waals surface area contributed by atoms with Gasteiger partial charge in [-0.05, 0) is 36.2 Å². The van der Waals surface area contributed by atoms with Crippen molar-refractivity contribution in [1.82, 2.24) is 44.5 Å². The molecule has 7 heterocycles. The highest BCUT2D eigenvalue weighted by Crippen LogP contribution is 2.26. The summed E-state index contributed by atoms with van der Waals surface area (Å²) in [6.07, 6.45) is 10.6. The third-order valence-corrected chi connectivity index (χ3v) is 8.67. The summed E-state index contributed by atoms with van der Waals surface area (Å²) in [4.78, 5) is 26.3. The fraction of sp³-hybridized carbons (Fsp3) is 0.250. The molecule has 7 aromatic rings. The smallest absolute Gasteiger partial charge is 0.159 e. The number of anilines is 2. The maximum absolute atomic E-state index is 5.43. The molecule has 0 N–H and O–H groups in total. The number of ether oxygens (including phenoxy) is 2. The average Bonchev–Trinajstić information content (AvgIpc) is 3.80. The molecular weight excluding hydrogens is 618 g/mol. The van der Waals surface area contributed by atoms with Crippen molar-refractivity contribution in [2.75, 3.05) is 62.4 Å². The van der Waals surface area contributed by atoms with Crippen LogP contribution in [-0.4, -0.2) is 97.1 Å². The summed E-state index contributed by atoms with van der Waals surface area (Å²) in [6.45, 7) is 8.38. The minimum Gasteiger partial charge on any atom is -0.378 e. The summed E-state index contributed by atoms with van der Waals surface area (Å²) < 4.78 is 14.6. The first-order valence-electron chi connectivity index (χ1n) is 16.3. The number of nitrogens with zero attached hydrogens (tertiary/aromatic N) is 11. The van der Waals surface area contributed by atoms with Gasteiger partial charge in [-0.25, -0.2) is 29.3 Å². The van der Waals surface area contributed by atoms with Gasteiger partial charge in [0.1, 0.15) is 24.3 Å². The normalized spacial score (nSPS) is 15.0. The standard InChI is InChI=1S/C20H18N6O.C16H17N5O/c1-2-16(12-21-5-1)15-3-4-17-13-24-26(18(17)10-15)20-11-19(22-14-23-20)25-6-8-27-9-7-25;1-12-2-3-13-10-19-21(14(13)8-12)16-9-15(17-11-18-16)20-4-6-22-7-5-20/h1-5,10-14H,6-9H2;2-3,8-11H,4-7H2,1H3. The molecule has 0 saturated carbocycles. The highest BCUT2D eigenvalue weighted by Gasteiger charge is 2.16. The monoisotopic (exact) mass is 653 g/mol. The van der Waals surface area contributed by atoms with Crippen LogP contribution in [0.5, 0.6) is 0 Å². The van der Waals surface area contributed by atoms with E-state index in [9.17, 15) is 0 Å². The van der Waals surface area contributed by atoms with Gasteiger partial charge in [-0.3, -0.25) is 4.98 Å². The molecule has 0 unspecified atom stereocenters. The van der Waals surface area contributed by atoms with E-state index in [1.54, 1.807) is 18.9 Å². The molecule has 49 heavy (non-hydrogen) atoms. The molecule has 0 spiro atoms. The second kappa shape index (κ2) is 13.7. The number of hydrogen-bond donors (Lipinski definition) is 0. The second-order valence-electron chi connectivity index (χ2n) is 11.9. The summed E-state index contributed by atoms with van der Waals surface area (Å²) in [5.74, 6) is 3.36. The van der Waals surface area contributed by atoms with Crippen LogP contribution in [0.1, 0.15) is 5.56 Å². The predicted molar refractivity (Wildman–Crippen MR) is 187 cm³/mol. The zero-order chi connectivity index (χ0) is 33.0. The lowest BCUT2D eigenvalue weighted by molar-refractivity contribution is 0.122. The number of fused-ring (bicyclic) bond motifs is 2. The number of hydrogen-bond acceptors (Lipinski definition) is 11. The van der Waals surface area contributed by atoms with Gasteiger partial charge in [0.05, 0.1) is 49.9 Å². The van der Waals surface area contributed by atoms with Gasteiger partial charge in [-0.1, -0.05) is 30.3 Å². The van der Waals surface area contributed by atoms with Gasteiger partial charge in [-0.2, -0.15) is 10.2 Å². The number of benzene rings is 2. The molecule has 9 rings (SSSR count). The lowest BCUT2D eigenvalue weighted by Gasteiger charge is -2.27. The van der Waals surface area contributed by atoms with E-state index in [4.69, 9.17) is 9.47 Å². The number of aryl methyl sites for hydroxylation is 1. The molecule has 2 saturated heterocycles. The van der Waals surface area contributed by atoms with Crippen molar-refractivity contribution in [3.05, 3.63) is 104 Å². The predicted octanol–water partition coefficient (Wildman–Crippen LogP) is 4.67. The SMILES string of the molecule is Cc1ccc2cnn(-c3cc(N4CCOCC4)ncn3)c2c1.c1cncc(-c2ccc3cnn(-c4cc(N5CCOCC5)ncn4)c3c2)c1. The van der Waals surface area contributed by atoms with E-state index in [0.29, 0.717) is 0 Å². The van der Waals surface area contributed by atoms with Crippen molar-refractivity contribution >= 4 is 33.4 Å². The minimum absolute atomic E-state index is 0.721. The topological polar surface area (TPSA) is 125 Å². The van der Waals surface area contributed by atoms with Gasteiger partial charge in [0.25, 0.3) is 0 Å². The van der Waals surface area contributed by atoms with E-state index in [2.05, 4.69) is 94.3 Å². The number of rotatable bonds is 5. The summed E-state index contributed by atoms with van der Waals surface area (Å²) in [5, 5.41) is 11.2. The van der Waals surface area contributed by atoms with Crippen LogP contribution in [0.3, 0.4) is 0 Å². The van der Waals surface area contributed by atoms with Gasteiger partial charge in [0.15, 0.2) is 11.6 Å². The first-order valence-corrected chi connectivity index (χ1v) is 16.3. The van der Waals surface area contributed by atoms with Gasteiger partial charge in [0.2, 0.25) is 0 Å². The molecule has 5 aromatic heterocycles. The lowest BCUT2D eigenvalue weighted by atomic mass is 10.1. The average molecular weight is 654 g/mol. The molecule has 13 nitrogen and oxygen atoms in total. The molecule has 246 valence electrons. The van der Waals surface area contributed by atoms with Crippen molar-refractivity contribution < 1.29 is 9.47 Å². The van der Waals surface area contributed by atoms with E-state index < -0.39 is 0 Å². The van der Waals surface area contributed by atoms with Crippen LogP contribution in [0.4, 0.5) is 11.6 Å². The van der Waals surface area contributed by atoms with Crippen LogP contribution in [0, 0.1) is 6.92 Å². The Labute approximate surface area is 282 Å². The van der Waals surface area contributed by atoms with E-state index >= 15 is 0 Å². The van der Waals surface area contributed by atoms with E-state index in [1.165, 1.54) is 5.56 Å². The summed E-state index contributed by atoms with van der Waals surface area (Å²) >= 11 is 0. The minimum atomic E-state index is 0.721. The molecule has 0 amide bonds. The van der Waals surface area contributed by atoms with Gasteiger partial charge >= 0.3 is 0 Å². The van der Waals surface area contributed by atoms with Crippen molar-refractivity contribution in [3.63, 3.8) is 0 Å². The Kier molecular flexibility index (Phi) is 8.57. The van der Waals surface area contributed by atoms with Crippen LogP contribution in [0.15, 0.2) is 98.1 Å². The second-order valence-corrected chi connectivity index (χ2v) is 11.9. The molecule has 2 aliphatic heterocycles. The van der Waals surface area contributed by atoms with Gasteiger partial charge < -0.3 is 19.3 Å². The number of morpholine rings is 2. The molecule has 0 atom stereocenters. The van der Waals surface area contributed by atoms with Crippen LogP contribution in [0.25, 0.3) is 44.6 Å². The third-order valence-electron chi connectivity index (χ3n) is 8.67. The quantitative estimate of drug-likeness (QED) is 0.257. The van der Waals surface area contributed by atoms with Gasteiger partial charge in [0, 0.05) is 67.0 Å². The summed E-state index contributed by atoms with van der Waals surface area (Å²) in [6, 6.07) is 20.5. The zero-order valence-electron chi connectivity index (χ0n) is 27.1.